The fourth-order valence-corrected chi connectivity index (χ4v) is 4.79. The fraction of sp³-hybridized carbons (Fsp3) is 0.524. The van der Waals surface area contributed by atoms with E-state index in [0.29, 0.717) is 6.04 Å². The molecule has 3 aliphatic heterocycles. The molecule has 2 fully saturated rings. The number of nitrogens with zero attached hydrogens (tertiary/aromatic N) is 4. The van der Waals surface area contributed by atoms with Crippen LogP contribution in [0.5, 0.6) is 0 Å². The van der Waals surface area contributed by atoms with Crippen LogP contribution in [0, 0.1) is 0 Å². The van der Waals surface area contributed by atoms with E-state index in [1.54, 1.807) is 0 Å². The molecule has 5 heterocycles. The summed E-state index contributed by atoms with van der Waals surface area (Å²) in [6.07, 6.45) is 14.7. The average Bonchev–Trinajstić information content (AvgIpc) is 3.43. The van der Waals surface area contributed by atoms with Crippen LogP contribution in [-0.4, -0.2) is 57.8 Å². The molecule has 5 rings (SSSR count). The van der Waals surface area contributed by atoms with Gasteiger partial charge in [-0.15, -0.1) is 0 Å². The van der Waals surface area contributed by atoms with Crippen LogP contribution in [0.25, 0.3) is 11.0 Å². The number of rotatable bonds is 3. The van der Waals surface area contributed by atoms with E-state index in [9.17, 15) is 0 Å². The molecular formula is C21H27N5. The third kappa shape index (κ3) is 2.94. The van der Waals surface area contributed by atoms with Crippen molar-refractivity contribution in [2.45, 2.75) is 44.2 Å². The molecule has 0 bridgehead atoms. The molecule has 2 aromatic heterocycles. The first-order valence-electron chi connectivity index (χ1n) is 10.0. The third-order valence-corrected chi connectivity index (χ3v) is 6.11. The van der Waals surface area contributed by atoms with Gasteiger partial charge < -0.3 is 14.8 Å². The highest BCUT2D eigenvalue weighted by molar-refractivity contribution is 5.94. The number of hydrogen-bond acceptors (Lipinski definition) is 4. The van der Waals surface area contributed by atoms with Gasteiger partial charge in [0.15, 0.2) is 0 Å². The monoisotopic (exact) mass is 349 g/mol. The number of nitrogens with one attached hydrogen (secondary N) is 1. The lowest BCUT2D eigenvalue weighted by atomic mass is 10.0. The summed E-state index contributed by atoms with van der Waals surface area (Å²) >= 11 is 0. The molecule has 0 amide bonds. The first kappa shape index (κ1) is 16.1. The Kier molecular flexibility index (Phi) is 4.25. The SMILES string of the molecule is C1=CC(N2CCC[C@H]2CN2CCCC2)=NC(c2ccnc3[nH]ccc23)C1. The van der Waals surface area contributed by atoms with Crippen molar-refractivity contribution >= 4 is 16.9 Å². The number of aromatic amines is 1. The molecular weight excluding hydrogens is 322 g/mol. The summed E-state index contributed by atoms with van der Waals surface area (Å²) in [4.78, 5) is 18.0. The normalized spacial score (nSPS) is 26.8. The highest BCUT2D eigenvalue weighted by atomic mass is 15.3. The van der Waals surface area contributed by atoms with Crippen LogP contribution in [0.4, 0.5) is 0 Å². The molecule has 2 aromatic rings. The molecule has 5 nitrogen and oxygen atoms in total. The highest BCUT2D eigenvalue weighted by Crippen LogP contribution is 2.32. The smallest absolute Gasteiger partial charge is 0.137 e. The number of likely N-dealkylation sites (tertiary alicyclic amines) is 2. The zero-order valence-corrected chi connectivity index (χ0v) is 15.3. The van der Waals surface area contributed by atoms with Crippen LogP contribution in [0.2, 0.25) is 0 Å². The van der Waals surface area contributed by atoms with Gasteiger partial charge in [-0.25, -0.2) is 4.98 Å². The van der Waals surface area contributed by atoms with Crippen molar-refractivity contribution in [2.24, 2.45) is 4.99 Å². The van der Waals surface area contributed by atoms with Gasteiger partial charge >= 0.3 is 0 Å². The summed E-state index contributed by atoms with van der Waals surface area (Å²) in [5.41, 5.74) is 2.25. The van der Waals surface area contributed by atoms with Crippen molar-refractivity contribution in [2.75, 3.05) is 26.2 Å². The Labute approximate surface area is 154 Å². The van der Waals surface area contributed by atoms with Gasteiger partial charge in [-0.3, -0.25) is 4.99 Å². The van der Waals surface area contributed by atoms with E-state index in [1.165, 1.54) is 62.1 Å². The molecule has 0 saturated carbocycles. The second-order valence-electron chi connectivity index (χ2n) is 7.78. The maximum atomic E-state index is 5.18. The van der Waals surface area contributed by atoms with E-state index in [1.807, 2.05) is 12.4 Å². The van der Waals surface area contributed by atoms with Crippen molar-refractivity contribution in [1.82, 2.24) is 19.8 Å². The Hall–Kier alpha value is -2.14. The van der Waals surface area contributed by atoms with E-state index >= 15 is 0 Å². The largest absolute Gasteiger partial charge is 0.353 e. The lowest BCUT2D eigenvalue weighted by Crippen LogP contribution is -2.42. The van der Waals surface area contributed by atoms with Gasteiger partial charge in [0, 0.05) is 36.9 Å². The minimum absolute atomic E-state index is 0.198. The average molecular weight is 349 g/mol. The van der Waals surface area contributed by atoms with Gasteiger partial charge in [-0.2, -0.15) is 0 Å². The second kappa shape index (κ2) is 6.88. The third-order valence-electron chi connectivity index (χ3n) is 6.11. The van der Waals surface area contributed by atoms with E-state index in [2.05, 4.69) is 44.1 Å². The number of H-pyrrole nitrogens is 1. The molecule has 3 aliphatic rings. The Morgan fingerprint density at radius 1 is 1.12 bits per heavy atom. The summed E-state index contributed by atoms with van der Waals surface area (Å²) in [5, 5.41) is 1.20. The highest BCUT2D eigenvalue weighted by Gasteiger charge is 2.30. The molecule has 1 N–H and O–H groups in total. The van der Waals surface area contributed by atoms with Crippen molar-refractivity contribution in [1.29, 1.82) is 0 Å². The van der Waals surface area contributed by atoms with Crippen LogP contribution in [0.3, 0.4) is 0 Å². The summed E-state index contributed by atoms with van der Waals surface area (Å²) in [6, 6.07) is 5.08. The number of fused-ring (bicyclic) bond motifs is 1. The van der Waals surface area contributed by atoms with Gasteiger partial charge in [0.25, 0.3) is 0 Å². The first-order chi connectivity index (χ1) is 12.9. The van der Waals surface area contributed by atoms with E-state index in [-0.39, 0.29) is 6.04 Å². The minimum Gasteiger partial charge on any atom is -0.353 e. The van der Waals surface area contributed by atoms with Crippen LogP contribution in [0.15, 0.2) is 41.7 Å². The maximum absolute atomic E-state index is 5.18. The molecule has 136 valence electrons. The summed E-state index contributed by atoms with van der Waals surface area (Å²) in [7, 11) is 0. The molecule has 0 spiro atoms. The predicted molar refractivity (Wildman–Crippen MR) is 105 cm³/mol. The van der Waals surface area contributed by atoms with Crippen molar-refractivity contribution in [3.63, 3.8) is 0 Å². The van der Waals surface area contributed by atoms with Crippen molar-refractivity contribution < 1.29 is 0 Å². The number of dihydropyridines is 1. The number of aromatic nitrogens is 2. The first-order valence-corrected chi connectivity index (χ1v) is 10.0. The van der Waals surface area contributed by atoms with Gasteiger partial charge in [0.2, 0.25) is 0 Å². The van der Waals surface area contributed by atoms with Crippen LogP contribution >= 0.6 is 0 Å². The van der Waals surface area contributed by atoms with Gasteiger partial charge in [0.1, 0.15) is 11.5 Å². The number of hydrogen-bond donors (Lipinski definition) is 1. The minimum atomic E-state index is 0.198. The molecule has 0 aromatic carbocycles. The van der Waals surface area contributed by atoms with E-state index in [0.717, 1.165) is 18.6 Å². The van der Waals surface area contributed by atoms with Crippen molar-refractivity contribution in [3.8, 4) is 0 Å². The zero-order chi connectivity index (χ0) is 17.3. The molecule has 26 heavy (non-hydrogen) atoms. The van der Waals surface area contributed by atoms with Crippen LogP contribution in [0.1, 0.15) is 43.7 Å². The lowest BCUT2D eigenvalue weighted by Gasteiger charge is -2.32. The second-order valence-corrected chi connectivity index (χ2v) is 7.78. The van der Waals surface area contributed by atoms with Crippen LogP contribution in [-0.2, 0) is 0 Å². The zero-order valence-electron chi connectivity index (χ0n) is 15.3. The van der Waals surface area contributed by atoms with Gasteiger partial charge in [0.05, 0.1) is 6.04 Å². The summed E-state index contributed by atoms with van der Waals surface area (Å²) in [5.74, 6) is 1.18. The summed E-state index contributed by atoms with van der Waals surface area (Å²) < 4.78 is 0. The maximum Gasteiger partial charge on any atom is 0.137 e. The number of aliphatic imine (C=N–C) groups is 1. The van der Waals surface area contributed by atoms with Gasteiger partial charge in [-0.05, 0) is 69.0 Å². The van der Waals surface area contributed by atoms with Crippen LogP contribution < -0.4 is 0 Å². The molecule has 1 unspecified atom stereocenters. The Morgan fingerprint density at radius 2 is 2.04 bits per heavy atom. The molecule has 0 aliphatic carbocycles. The lowest BCUT2D eigenvalue weighted by molar-refractivity contribution is 0.252. The Bertz CT molecular complexity index is 830. The Balaban J connectivity index is 1.39. The predicted octanol–water partition coefficient (Wildman–Crippen LogP) is 3.52. The van der Waals surface area contributed by atoms with Crippen molar-refractivity contribution in [3.05, 3.63) is 42.2 Å². The van der Waals surface area contributed by atoms with Gasteiger partial charge in [-0.1, -0.05) is 6.08 Å². The Morgan fingerprint density at radius 3 is 2.96 bits per heavy atom. The quantitative estimate of drug-likeness (QED) is 0.922. The number of amidine groups is 1. The molecule has 0 radical (unpaired) electrons. The topological polar surface area (TPSA) is 47.5 Å². The molecule has 2 saturated heterocycles. The fourth-order valence-electron chi connectivity index (χ4n) is 4.79. The standard InChI is InChI=1S/C21H27N5/c1-2-13-25(12-1)15-16-5-4-14-26(16)20-7-3-6-19(24-20)17-8-10-22-21-18(17)9-11-23-21/h3,7-11,16,19H,1-2,4-6,12-15H2,(H,22,23)/t16-,19?/m0/s1. The molecule has 5 heteroatoms. The van der Waals surface area contributed by atoms with E-state index < -0.39 is 0 Å². The summed E-state index contributed by atoms with van der Waals surface area (Å²) in [6.45, 7) is 4.90. The van der Waals surface area contributed by atoms with E-state index in [4.69, 9.17) is 4.99 Å². The number of pyridine rings is 1. The molecule has 2 atom stereocenters.